The number of hydrogen-bond acceptors (Lipinski definition) is 3. The molecule has 3 rings (SSSR count). The van der Waals surface area contributed by atoms with E-state index in [1.165, 1.54) is 11.1 Å². The van der Waals surface area contributed by atoms with E-state index in [4.69, 9.17) is 15.2 Å². The molecule has 104 valence electrons. The largest absolute Gasteiger partial charge is 0.454 e. The Hall–Kier alpha value is -2.00. The van der Waals surface area contributed by atoms with Crippen LogP contribution in [0.4, 0.5) is 0 Å². The first-order valence-corrected chi connectivity index (χ1v) is 6.97. The Morgan fingerprint density at radius 3 is 2.70 bits per heavy atom. The van der Waals surface area contributed by atoms with Crippen LogP contribution >= 0.6 is 0 Å². The molecule has 1 unspecified atom stereocenters. The van der Waals surface area contributed by atoms with Crippen molar-refractivity contribution in [1.82, 2.24) is 0 Å². The molecular formula is C17H19NO2. The molecule has 1 aliphatic rings. The lowest BCUT2D eigenvalue weighted by Gasteiger charge is -2.08. The second-order valence-corrected chi connectivity index (χ2v) is 5.28. The first kappa shape index (κ1) is 13.0. The number of hydrogen-bond donors (Lipinski definition) is 1. The van der Waals surface area contributed by atoms with Gasteiger partial charge in [0, 0.05) is 6.04 Å². The predicted molar refractivity (Wildman–Crippen MR) is 80.0 cm³/mol. The van der Waals surface area contributed by atoms with E-state index in [1.807, 2.05) is 19.1 Å². The van der Waals surface area contributed by atoms with Crippen molar-refractivity contribution in [3.8, 4) is 22.6 Å². The molecular weight excluding hydrogens is 250 g/mol. The number of nitrogens with two attached hydrogens (primary N) is 1. The Balaban J connectivity index is 1.84. The van der Waals surface area contributed by atoms with E-state index in [0.29, 0.717) is 6.79 Å². The van der Waals surface area contributed by atoms with E-state index in [9.17, 15) is 0 Å². The van der Waals surface area contributed by atoms with Crippen LogP contribution in [0.2, 0.25) is 0 Å². The third-order valence-electron chi connectivity index (χ3n) is 3.52. The number of fused-ring (bicyclic) bond motifs is 1. The molecule has 0 amide bonds. The molecule has 1 atom stereocenters. The molecule has 0 spiro atoms. The van der Waals surface area contributed by atoms with Gasteiger partial charge in [0.25, 0.3) is 0 Å². The van der Waals surface area contributed by atoms with Crippen LogP contribution in [-0.4, -0.2) is 12.8 Å². The molecule has 2 aromatic carbocycles. The van der Waals surface area contributed by atoms with Crippen LogP contribution in [0.1, 0.15) is 18.9 Å². The number of rotatable bonds is 4. The summed E-state index contributed by atoms with van der Waals surface area (Å²) in [4.78, 5) is 0. The predicted octanol–water partition coefficient (Wildman–Crippen LogP) is 3.36. The molecule has 0 radical (unpaired) electrons. The van der Waals surface area contributed by atoms with Gasteiger partial charge in [-0.1, -0.05) is 30.3 Å². The summed E-state index contributed by atoms with van der Waals surface area (Å²) in [5.41, 5.74) is 9.49. The average molecular weight is 269 g/mol. The molecule has 3 heteroatoms. The topological polar surface area (TPSA) is 44.5 Å². The molecule has 0 saturated heterocycles. The van der Waals surface area contributed by atoms with E-state index in [-0.39, 0.29) is 6.04 Å². The average Bonchev–Trinajstić information content (AvgIpc) is 2.93. The second kappa shape index (κ2) is 5.55. The minimum atomic E-state index is 0.240. The van der Waals surface area contributed by atoms with Crippen molar-refractivity contribution in [1.29, 1.82) is 0 Å². The Labute approximate surface area is 119 Å². The van der Waals surface area contributed by atoms with Crippen LogP contribution in [0.25, 0.3) is 11.1 Å². The van der Waals surface area contributed by atoms with Gasteiger partial charge in [-0.25, -0.2) is 0 Å². The monoisotopic (exact) mass is 269 g/mol. The van der Waals surface area contributed by atoms with E-state index < -0.39 is 0 Å². The molecule has 0 fully saturated rings. The van der Waals surface area contributed by atoms with Crippen LogP contribution < -0.4 is 15.2 Å². The Bertz CT molecular complexity index is 608. The Morgan fingerprint density at radius 1 is 1.05 bits per heavy atom. The van der Waals surface area contributed by atoms with Crippen LogP contribution in [0.5, 0.6) is 11.5 Å². The summed E-state index contributed by atoms with van der Waals surface area (Å²) in [6.45, 7) is 2.36. The molecule has 2 aromatic rings. The second-order valence-electron chi connectivity index (χ2n) is 5.28. The molecule has 0 bridgehead atoms. The highest BCUT2D eigenvalue weighted by molar-refractivity contribution is 5.68. The van der Waals surface area contributed by atoms with Gasteiger partial charge >= 0.3 is 0 Å². The highest BCUT2D eigenvalue weighted by atomic mass is 16.7. The van der Waals surface area contributed by atoms with Crippen LogP contribution in [0.15, 0.2) is 42.5 Å². The SMILES string of the molecule is CC(N)CCc1cccc(-c2ccc3c(c2)OCO3)c1. The summed E-state index contributed by atoms with van der Waals surface area (Å²) in [6.07, 6.45) is 2.01. The summed E-state index contributed by atoms with van der Waals surface area (Å²) in [7, 11) is 0. The summed E-state index contributed by atoms with van der Waals surface area (Å²) in [5, 5.41) is 0. The smallest absolute Gasteiger partial charge is 0.231 e. The van der Waals surface area contributed by atoms with E-state index in [1.54, 1.807) is 0 Å². The first-order valence-electron chi connectivity index (χ1n) is 6.97. The summed E-state index contributed by atoms with van der Waals surface area (Å²) >= 11 is 0. The van der Waals surface area contributed by atoms with Crippen molar-refractivity contribution in [2.75, 3.05) is 6.79 Å². The fourth-order valence-corrected chi connectivity index (χ4v) is 2.38. The van der Waals surface area contributed by atoms with Gasteiger partial charge in [0.05, 0.1) is 0 Å². The van der Waals surface area contributed by atoms with Crippen molar-refractivity contribution >= 4 is 0 Å². The van der Waals surface area contributed by atoms with Crippen molar-refractivity contribution in [2.24, 2.45) is 5.73 Å². The molecule has 2 N–H and O–H groups in total. The first-order chi connectivity index (χ1) is 9.72. The lowest BCUT2D eigenvalue weighted by Crippen LogP contribution is -2.15. The van der Waals surface area contributed by atoms with Gasteiger partial charge in [-0.05, 0) is 48.6 Å². The van der Waals surface area contributed by atoms with Crippen LogP contribution in [0, 0.1) is 0 Å². The van der Waals surface area contributed by atoms with E-state index in [2.05, 4.69) is 30.3 Å². The van der Waals surface area contributed by atoms with Gasteiger partial charge in [0.2, 0.25) is 6.79 Å². The quantitative estimate of drug-likeness (QED) is 0.925. The van der Waals surface area contributed by atoms with Gasteiger partial charge < -0.3 is 15.2 Å². The maximum absolute atomic E-state index is 5.82. The summed E-state index contributed by atoms with van der Waals surface area (Å²) in [5.74, 6) is 1.64. The fourth-order valence-electron chi connectivity index (χ4n) is 2.38. The van der Waals surface area contributed by atoms with Gasteiger partial charge in [-0.2, -0.15) is 0 Å². The highest BCUT2D eigenvalue weighted by Crippen LogP contribution is 2.36. The van der Waals surface area contributed by atoms with E-state index >= 15 is 0 Å². The summed E-state index contributed by atoms with van der Waals surface area (Å²) in [6, 6.07) is 14.9. The number of benzene rings is 2. The third kappa shape index (κ3) is 2.78. The van der Waals surface area contributed by atoms with Crippen molar-refractivity contribution in [3.05, 3.63) is 48.0 Å². The minimum absolute atomic E-state index is 0.240. The van der Waals surface area contributed by atoms with E-state index in [0.717, 1.165) is 29.9 Å². The molecule has 1 aliphatic heterocycles. The third-order valence-corrected chi connectivity index (χ3v) is 3.52. The maximum Gasteiger partial charge on any atom is 0.231 e. The highest BCUT2D eigenvalue weighted by Gasteiger charge is 2.13. The summed E-state index contributed by atoms with van der Waals surface area (Å²) < 4.78 is 10.8. The van der Waals surface area contributed by atoms with Gasteiger partial charge in [-0.3, -0.25) is 0 Å². The molecule has 3 nitrogen and oxygen atoms in total. The minimum Gasteiger partial charge on any atom is -0.454 e. The molecule has 0 aliphatic carbocycles. The lowest BCUT2D eigenvalue weighted by atomic mass is 9.99. The zero-order valence-corrected chi connectivity index (χ0v) is 11.6. The fraction of sp³-hybridized carbons (Fsp3) is 0.294. The molecule has 1 heterocycles. The van der Waals surface area contributed by atoms with Crippen molar-refractivity contribution < 1.29 is 9.47 Å². The molecule has 0 aromatic heterocycles. The number of ether oxygens (including phenoxy) is 2. The van der Waals surface area contributed by atoms with Crippen molar-refractivity contribution in [2.45, 2.75) is 25.8 Å². The lowest BCUT2D eigenvalue weighted by molar-refractivity contribution is 0.174. The molecule has 20 heavy (non-hydrogen) atoms. The maximum atomic E-state index is 5.82. The van der Waals surface area contributed by atoms with Gasteiger partial charge in [0.1, 0.15) is 0 Å². The van der Waals surface area contributed by atoms with Gasteiger partial charge in [0.15, 0.2) is 11.5 Å². The Kier molecular flexibility index (Phi) is 3.61. The van der Waals surface area contributed by atoms with Crippen LogP contribution in [0.3, 0.4) is 0 Å². The number of aryl methyl sites for hydroxylation is 1. The van der Waals surface area contributed by atoms with Crippen molar-refractivity contribution in [3.63, 3.8) is 0 Å². The Morgan fingerprint density at radius 2 is 1.85 bits per heavy atom. The zero-order chi connectivity index (χ0) is 13.9. The van der Waals surface area contributed by atoms with Gasteiger partial charge in [-0.15, -0.1) is 0 Å². The molecule has 0 saturated carbocycles. The normalized spacial score (nSPS) is 14.3. The zero-order valence-electron chi connectivity index (χ0n) is 11.6. The van der Waals surface area contributed by atoms with Crippen LogP contribution in [-0.2, 0) is 6.42 Å². The standard InChI is InChI=1S/C17H19NO2/c1-12(18)5-6-13-3-2-4-14(9-13)15-7-8-16-17(10-15)20-11-19-16/h2-4,7-10,12H,5-6,11,18H2,1H3.